The summed E-state index contributed by atoms with van der Waals surface area (Å²) < 4.78 is 11.3. The van der Waals surface area contributed by atoms with Crippen molar-refractivity contribution in [1.29, 1.82) is 0 Å². The topological polar surface area (TPSA) is 80.8 Å². The molecule has 0 bridgehead atoms. The fourth-order valence-corrected chi connectivity index (χ4v) is 4.38. The van der Waals surface area contributed by atoms with Crippen LogP contribution in [0.25, 0.3) is 0 Å². The molecule has 1 saturated carbocycles. The van der Waals surface area contributed by atoms with Crippen molar-refractivity contribution in [2.45, 2.75) is 64.1 Å². The summed E-state index contributed by atoms with van der Waals surface area (Å²) in [5.74, 6) is 0.761. The summed E-state index contributed by atoms with van der Waals surface area (Å²) in [6, 6.07) is 9.84. The highest BCUT2D eigenvalue weighted by molar-refractivity contribution is 5.98. The number of benzene rings is 1. The highest BCUT2D eigenvalue weighted by atomic mass is 16.6. The van der Waals surface area contributed by atoms with Crippen molar-refractivity contribution in [1.82, 2.24) is 15.2 Å². The summed E-state index contributed by atoms with van der Waals surface area (Å²) in [6.07, 6.45) is 5.45. The zero-order valence-electron chi connectivity index (χ0n) is 19.0. The van der Waals surface area contributed by atoms with Crippen LogP contribution < -0.4 is 14.8 Å². The van der Waals surface area contributed by atoms with Gasteiger partial charge in [0, 0.05) is 23.3 Å². The maximum absolute atomic E-state index is 13.9. The highest BCUT2D eigenvalue weighted by Gasteiger charge is 2.40. The number of carbonyl (C=O) groups excluding carboxylic acids is 2. The Morgan fingerprint density at radius 3 is 2.44 bits per heavy atom. The lowest BCUT2D eigenvalue weighted by Gasteiger charge is -2.37. The van der Waals surface area contributed by atoms with Crippen LogP contribution in [0.4, 0.5) is 0 Å². The molecule has 1 aliphatic heterocycles. The van der Waals surface area contributed by atoms with Crippen LogP contribution in [-0.2, 0) is 4.79 Å². The monoisotopic (exact) mass is 437 g/mol. The standard InChI is InChI=1S/C25H31N3O4/c1-25(2,3)27-23(29)22(19-10-6-7-13-26-19)28(18-8-4-5-9-18)24(30)17-11-12-20-21(16-17)32-15-14-31-20/h6-7,10-13,16,18,22H,4-5,8-9,14-15H2,1-3H3,(H,27,29)/t22-/m1/s1. The van der Waals surface area contributed by atoms with Crippen molar-refractivity contribution >= 4 is 11.8 Å². The van der Waals surface area contributed by atoms with Crippen LogP contribution in [0.5, 0.6) is 11.5 Å². The van der Waals surface area contributed by atoms with Gasteiger partial charge >= 0.3 is 0 Å². The lowest BCUT2D eigenvalue weighted by molar-refractivity contribution is -0.128. The number of fused-ring (bicyclic) bond motifs is 1. The maximum atomic E-state index is 13.9. The quantitative estimate of drug-likeness (QED) is 0.768. The second-order valence-corrected chi connectivity index (χ2v) is 9.41. The minimum atomic E-state index is -0.820. The van der Waals surface area contributed by atoms with Crippen LogP contribution in [0.1, 0.15) is 68.5 Å². The predicted octanol–water partition coefficient (Wildman–Crippen LogP) is 3.89. The van der Waals surface area contributed by atoms with Crippen LogP contribution in [0.2, 0.25) is 0 Å². The minimum absolute atomic E-state index is 0.0339. The largest absolute Gasteiger partial charge is 0.486 e. The van der Waals surface area contributed by atoms with Crippen LogP contribution in [0.15, 0.2) is 42.6 Å². The second kappa shape index (κ2) is 9.18. The van der Waals surface area contributed by atoms with E-state index in [0.717, 1.165) is 25.7 Å². The lowest BCUT2D eigenvalue weighted by Crippen LogP contribution is -2.52. The smallest absolute Gasteiger partial charge is 0.255 e. The Morgan fingerprint density at radius 2 is 1.78 bits per heavy atom. The Bertz CT molecular complexity index is 965. The molecule has 0 spiro atoms. The van der Waals surface area contributed by atoms with Gasteiger partial charge in [0.25, 0.3) is 5.91 Å². The molecule has 1 N–H and O–H groups in total. The third-order valence-corrected chi connectivity index (χ3v) is 5.73. The number of pyridine rings is 1. The summed E-state index contributed by atoms with van der Waals surface area (Å²) in [5.41, 5.74) is 0.601. The number of amides is 2. The van der Waals surface area contributed by atoms with Crippen LogP contribution in [0, 0.1) is 0 Å². The molecule has 2 aliphatic rings. The number of hydrogen-bond donors (Lipinski definition) is 1. The second-order valence-electron chi connectivity index (χ2n) is 9.41. The molecule has 0 unspecified atom stereocenters. The minimum Gasteiger partial charge on any atom is -0.486 e. The van der Waals surface area contributed by atoms with E-state index < -0.39 is 11.6 Å². The van der Waals surface area contributed by atoms with Gasteiger partial charge in [0.2, 0.25) is 5.91 Å². The summed E-state index contributed by atoms with van der Waals surface area (Å²) in [6.45, 7) is 6.74. The molecule has 1 aromatic carbocycles. The molecule has 1 aromatic heterocycles. The molecule has 170 valence electrons. The number of ether oxygens (including phenoxy) is 2. The first-order valence-electron chi connectivity index (χ1n) is 11.3. The molecule has 32 heavy (non-hydrogen) atoms. The van der Waals surface area contributed by atoms with Crippen molar-refractivity contribution in [3.8, 4) is 11.5 Å². The van der Waals surface area contributed by atoms with Gasteiger partial charge in [-0.1, -0.05) is 18.9 Å². The fourth-order valence-electron chi connectivity index (χ4n) is 4.38. The zero-order valence-corrected chi connectivity index (χ0v) is 19.0. The SMILES string of the molecule is CC(C)(C)NC(=O)[C@@H](c1ccccn1)N(C(=O)c1ccc2c(c1)OCCO2)C1CCCC1. The number of aromatic nitrogens is 1. The van der Waals surface area contributed by atoms with Gasteiger partial charge in [-0.3, -0.25) is 14.6 Å². The lowest BCUT2D eigenvalue weighted by atomic mass is 10.0. The molecule has 0 radical (unpaired) electrons. The predicted molar refractivity (Wildman–Crippen MR) is 121 cm³/mol. The first kappa shape index (κ1) is 22.1. The van der Waals surface area contributed by atoms with Gasteiger partial charge in [0.15, 0.2) is 17.5 Å². The van der Waals surface area contributed by atoms with Crippen molar-refractivity contribution in [3.05, 3.63) is 53.9 Å². The zero-order chi connectivity index (χ0) is 22.7. The number of rotatable bonds is 5. The maximum Gasteiger partial charge on any atom is 0.255 e. The Balaban J connectivity index is 1.75. The van der Waals surface area contributed by atoms with Gasteiger partial charge < -0.3 is 19.7 Å². The average Bonchev–Trinajstić information content (AvgIpc) is 3.30. The van der Waals surface area contributed by atoms with E-state index in [0.29, 0.717) is 36.0 Å². The molecule has 4 rings (SSSR count). The summed E-state index contributed by atoms with van der Waals surface area (Å²) in [5, 5.41) is 3.06. The molecule has 2 amide bonds. The third kappa shape index (κ3) is 4.87. The fraction of sp³-hybridized carbons (Fsp3) is 0.480. The Labute approximate surface area is 189 Å². The van der Waals surface area contributed by atoms with Gasteiger partial charge in [-0.25, -0.2) is 0 Å². The van der Waals surface area contributed by atoms with Gasteiger partial charge in [0.1, 0.15) is 13.2 Å². The molecule has 0 saturated heterocycles. The first-order valence-corrected chi connectivity index (χ1v) is 11.3. The van der Waals surface area contributed by atoms with E-state index in [1.807, 2.05) is 39.0 Å². The number of hydrogen-bond acceptors (Lipinski definition) is 5. The number of nitrogens with zero attached hydrogens (tertiary/aromatic N) is 2. The van der Waals surface area contributed by atoms with Crippen molar-refractivity contribution < 1.29 is 19.1 Å². The van der Waals surface area contributed by atoms with Gasteiger partial charge in [-0.15, -0.1) is 0 Å². The molecule has 2 aromatic rings. The van der Waals surface area contributed by atoms with Gasteiger partial charge in [-0.2, -0.15) is 0 Å². The van der Waals surface area contributed by atoms with E-state index in [4.69, 9.17) is 9.47 Å². The van der Waals surface area contributed by atoms with E-state index in [9.17, 15) is 9.59 Å². The van der Waals surface area contributed by atoms with E-state index in [2.05, 4.69) is 10.3 Å². The summed E-state index contributed by atoms with van der Waals surface area (Å²) in [7, 11) is 0. The molecular formula is C25H31N3O4. The first-order chi connectivity index (χ1) is 15.3. The summed E-state index contributed by atoms with van der Waals surface area (Å²) in [4.78, 5) is 33.7. The van der Waals surface area contributed by atoms with E-state index >= 15 is 0 Å². The van der Waals surface area contributed by atoms with Gasteiger partial charge in [0.05, 0.1) is 5.69 Å². The number of carbonyl (C=O) groups is 2. The molecule has 1 atom stereocenters. The molecular weight excluding hydrogens is 406 g/mol. The molecule has 1 fully saturated rings. The summed E-state index contributed by atoms with van der Waals surface area (Å²) >= 11 is 0. The molecule has 1 aliphatic carbocycles. The average molecular weight is 438 g/mol. The molecule has 2 heterocycles. The highest BCUT2D eigenvalue weighted by Crippen LogP contribution is 2.35. The Morgan fingerprint density at radius 1 is 1.06 bits per heavy atom. The van der Waals surface area contributed by atoms with Crippen LogP contribution >= 0.6 is 0 Å². The van der Waals surface area contributed by atoms with Crippen molar-refractivity contribution in [3.63, 3.8) is 0 Å². The van der Waals surface area contributed by atoms with Crippen molar-refractivity contribution in [2.75, 3.05) is 13.2 Å². The van der Waals surface area contributed by atoms with Crippen molar-refractivity contribution in [2.24, 2.45) is 0 Å². The van der Waals surface area contributed by atoms with Crippen LogP contribution in [0.3, 0.4) is 0 Å². The van der Waals surface area contributed by atoms with E-state index in [1.165, 1.54) is 0 Å². The molecule has 7 nitrogen and oxygen atoms in total. The number of nitrogens with one attached hydrogen (secondary N) is 1. The molecule has 7 heteroatoms. The van der Waals surface area contributed by atoms with E-state index in [-0.39, 0.29) is 17.9 Å². The Kier molecular flexibility index (Phi) is 6.35. The van der Waals surface area contributed by atoms with Gasteiger partial charge in [-0.05, 0) is 63.9 Å². The van der Waals surface area contributed by atoms with Crippen LogP contribution in [-0.4, -0.2) is 46.5 Å². The Hall–Kier alpha value is -3.09. The third-order valence-electron chi connectivity index (χ3n) is 5.73. The normalized spacial score (nSPS) is 17.0. The van der Waals surface area contributed by atoms with E-state index in [1.54, 1.807) is 29.3 Å².